The molecule has 6 heteroatoms. The van der Waals surface area contributed by atoms with Crippen LogP contribution in [0, 0.1) is 0 Å². The highest BCUT2D eigenvalue weighted by molar-refractivity contribution is 5.76. The molecule has 0 radical (unpaired) electrons. The molecule has 0 fully saturated rings. The van der Waals surface area contributed by atoms with E-state index in [1.165, 1.54) is 128 Å². The van der Waals surface area contributed by atoms with E-state index < -0.39 is 12.1 Å². The van der Waals surface area contributed by atoms with Crippen LogP contribution in [0.25, 0.3) is 0 Å². The van der Waals surface area contributed by atoms with E-state index in [4.69, 9.17) is 4.74 Å². The summed E-state index contributed by atoms with van der Waals surface area (Å²) in [6, 6.07) is -0.647. The van der Waals surface area contributed by atoms with E-state index in [9.17, 15) is 19.8 Å². The Labute approximate surface area is 328 Å². The average molecular weight is 746 g/mol. The molecule has 0 aromatic heterocycles. The van der Waals surface area contributed by atoms with E-state index >= 15 is 0 Å². The Balaban J connectivity index is 3.56. The number of amides is 1. The van der Waals surface area contributed by atoms with Gasteiger partial charge in [0.15, 0.2) is 0 Å². The molecule has 0 aromatic carbocycles. The molecule has 0 aliphatic carbocycles. The van der Waals surface area contributed by atoms with Gasteiger partial charge in [0.05, 0.1) is 25.4 Å². The third-order valence-electron chi connectivity index (χ3n) is 10.1. The first-order valence-electron chi connectivity index (χ1n) is 22.8. The van der Waals surface area contributed by atoms with E-state index in [0.29, 0.717) is 19.4 Å². The second-order valence-corrected chi connectivity index (χ2v) is 15.4. The fraction of sp³-hybridized carbons (Fsp3) is 0.830. The van der Waals surface area contributed by atoms with Crippen LogP contribution in [0.5, 0.6) is 0 Å². The highest BCUT2D eigenvalue weighted by Crippen LogP contribution is 2.13. The summed E-state index contributed by atoms with van der Waals surface area (Å²) in [5, 5.41) is 22.9. The lowest BCUT2D eigenvalue weighted by molar-refractivity contribution is -0.143. The van der Waals surface area contributed by atoms with Crippen molar-refractivity contribution in [2.24, 2.45) is 0 Å². The van der Waals surface area contributed by atoms with Crippen LogP contribution in [-0.4, -0.2) is 47.4 Å². The van der Waals surface area contributed by atoms with E-state index in [-0.39, 0.29) is 18.5 Å². The second-order valence-electron chi connectivity index (χ2n) is 15.4. The van der Waals surface area contributed by atoms with Gasteiger partial charge in [0.1, 0.15) is 0 Å². The lowest BCUT2D eigenvalue weighted by Gasteiger charge is -2.19. The molecule has 0 saturated carbocycles. The minimum atomic E-state index is -0.860. The lowest BCUT2D eigenvalue weighted by atomic mass is 10.1. The Morgan fingerprint density at radius 3 is 1.42 bits per heavy atom. The number of rotatable bonds is 41. The predicted octanol–water partition coefficient (Wildman–Crippen LogP) is 12.9. The Kier molecular flexibility index (Phi) is 41.3. The summed E-state index contributed by atoms with van der Waals surface area (Å²) in [6.07, 6.45) is 49.8. The number of unbranched alkanes of at least 4 members (excludes halogenated alkanes) is 26. The van der Waals surface area contributed by atoms with E-state index in [2.05, 4.69) is 43.5 Å². The number of ether oxygens (including phenoxy) is 1. The first-order chi connectivity index (χ1) is 26.0. The Morgan fingerprint density at radius 1 is 0.509 bits per heavy atom. The second kappa shape index (κ2) is 42.8. The number of aliphatic hydroxyl groups is 2. The van der Waals surface area contributed by atoms with Gasteiger partial charge in [-0.2, -0.15) is 0 Å². The molecular weight excluding hydrogens is 659 g/mol. The zero-order valence-electron chi connectivity index (χ0n) is 35.0. The van der Waals surface area contributed by atoms with Gasteiger partial charge in [0, 0.05) is 12.8 Å². The standard InChI is InChI=1S/C47H87NO5/c1-3-5-7-9-11-13-15-20-23-27-31-35-39-45(50)44(43-49)48-46(51)40-36-32-28-24-21-17-16-18-22-26-30-34-38-42-53-47(52)41-37-33-29-25-19-14-12-10-8-6-4-2/h10,12,17,21,35,39,44-45,49-50H,3-9,11,13-16,18-20,22-34,36-38,40-43H2,1-2H3,(H,48,51)/b12-10-,21-17-,39-35+. The number of carbonyl (C=O) groups excluding carboxylic acids is 2. The van der Waals surface area contributed by atoms with Crippen molar-refractivity contribution in [3.63, 3.8) is 0 Å². The third-order valence-corrected chi connectivity index (χ3v) is 10.1. The molecule has 0 aliphatic rings. The molecule has 6 nitrogen and oxygen atoms in total. The predicted molar refractivity (Wildman–Crippen MR) is 227 cm³/mol. The topological polar surface area (TPSA) is 95.9 Å². The molecule has 0 heterocycles. The molecule has 3 N–H and O–H groups in total. The molecule has 0 bridgehead atoms. The first kappa shape index (κ1) is 51.1. The minimum absolute atomic E-state index is 0.0264. The van der Waals surface area contributed by atoms with Crippen molar-refractivity contribution in [1.82, 2.24) is 5.32 Å². The van der Waals surface area contributed by atoms with E-state index in [0.717, 1.165) is 70.6 Å². The molecule has 0 aromatic rings. The number of esters is 1. The van der Waals surface area contributed by atoms with Crippen molar-refractivity contribution in [1.29, 1.82) is 0 Å². The summed E-state index contributed by atoms with van der Waals surface area (Å²) in [6.45, 7) is 4.79. The van der Waals surface area contributed by atoms with Crippen LogP contribution in [0.3, 0.4) is 0 Å². The monoisotopic (exact) mass is 746 g/mol. The van der Waals surface area contributed by atoms with Gasteiger partial charge in [0.25, 0.3) is 0 Å². The Bertz CT molecular complexity index is 869. The van der Waals surface area contributed by atoms with Gasteiger partial charge >= 0.3 is 5.97 Å². The molecule has 0 aliphatic heterocycles. The van der Waals surface area contributed by atoms with Crippen LogP contribution in [0.4, 0.5) is 0 Å². The van der Waals surface area contributed by atoms with Gasteiger partial charge in [-0.25, -0.2) is 0 Å². The van der Waals surface area contributed by atoms with Gasteiger partial charge in [-0.3, -0.25) is 9.59 Å². The average Bonchev–Trinajstić information content (AvgIpc) is 3.16. The molecule has 53 heavy (non-hydrogen) atoms. The third kappa shape index (κ3) is 39.6. The van der Waals surface area contributed by atoms with Crippen LogP contribution in [-0.2, 0) is 14.3 Å². The molecule has 0 rings (SSSR count). The highest BCUT2D eigenvalue weighted by Gasteiger charge is 2.17. The summed E-state index contributed by atoms with van der Waals surface area (Å²) in [5.41, 5.74) is 0. The zero-order chi connectivity index (χ0) is 38.7. The van der Waals surface area contributed by atoms with Crippen molar-refractivity contribution in [2.75, 3.05) is 13.2 Å². The van der Waals surface area contributed by atoms with Gasteiger partial charge in [-0.05, 0) is 77.0 Å². The van der Waals surface area contributed by atoms with Crippen molar-refractivity contribution in [3.05, 3.63) is 36.5 Å². The fourth-order valence-electron chi connectivity index (χ4n) is 6.55. The van der Waals surface area contributed by atoms with Crippen LogP contribution >= 0.6 is 0 Å². The summed E-state index contributed by atoms with van der Waals surface area (Å²) in [4.78, 5) is 24.3. The molecule has 0 spiro atoms. The van der Waals surface area contributed by atoms with Gasteiger partial charge in [-0.1, -0.05) is 172 Å². The number of aliphatic hydroxyl groups excluding tert-OH is 2. The largest absolute Gasteiger partial charge is 0.466 e. The maximum atomic E-state index is 12.4. The SMILES string of the molecule is CCCC/C=C\CCCCCCCC(=O)OCCCCCCCC/C=C\CCCCCC(=O)NC(CO)C(O)/C=C/CCCCCCCCCCCC. The van der Waals surface area contributed by atoms with E-state index in [1.54, 1.807) is 6.08 Å². The Hall–Kier alpha value is -1.92. The van der Waals surface area contributed by atoms with Gasteiger partial charge in [0.2, 0.25) is 5.91 Å². The number of hydrogen-bond donors (Lipinski definition) is 3. The summed E-state index contributed by atoms with van der Waals surface area (Å²) in [5.74, 6) is -0.127. The fourth-order valence-corrected chi connectivity index (χ4v) is 6.55. The smallest absolute Gasteiger partial charge is 0.305 e. The lowest BCUT2D eigenvalue weighted by Crippen LogP contribution is -2.45. The van der Waals surface area contributed by atoms with Crippen molar-refractivity contribution < 1.29 is 24.5 Å². The number of nitrogens with one attached hydrogen (secondary N) is 1. The van der Waals surface area contributed by atoms with Gasteiger partial charge < -0.3 is 20.3 Å². The summed E-state index contributed by atoms with van der Waals surface area (Å²) >= 11 is 0. The van der Waals surface area contributed by atoms with Crippen LogP contribution < -0.4 is 5.32 Å². The molecule has 0 saturated heterocycles. The normalized spacial score (nSPS) is 13.1. The number of hydrogen-bond acceptors (Lipinski definition) is 5. The van der Waals surface area contributed by atoms with Crippen LogP contribution in [0.2, 0.25) is 0 Å². The molecule has 1 amide bonds. The molecule has 2 unspecified atom stereocenters. The highest BCUT2D eigenvalue weighted by atomic mass is 16.5. The molecular formula is C47H87NO5. The molecule has 310 valence electrons. The maximum Gasteiger partial charge on any atom is 0.305 e. The molecule has 2 atom stereocenters. The summed E-state index contributed by atoms with van der Waals surface area (Å²) < 4.78 is 5.42. The van der Waals surface area contributed by atoms with Crippen molar-refractivity contribution in [3.8, 4) is 0 Å². The number of allylic oxidation sites excluding steroid dienone is 5. The summed E-state index contributed by atoms with van der Waals surface area (Å²) in [7, 11) is 0. The minimum Gasteiger partial charge on any atom is -0.466 e. The quantitative estimate of drug-likeness (QED) is 0.0329. The maximum absolute atomic E-state index is 12.4. The van der Waals surface area contributed by atoms with Crippen LogP contribution in [0.15, 0.2) is 36.5 Å². The van der Waals surface area contributed by atoms with Crippen LogP contribution in [0.1, 0.15) is 226 Å². The van der Waals surface area contributed by atoms with Crippen molar-refractivity contribution >= 4 is 11.9 Å². The van der Waals surface area contributed by atoms with Crippen molar-refractivity contribution in [2.45, 2.75) is 238 Å². The first-order valence-corrected chi connectivity index (χ1v) is 22.8. The number of carbonyl (C=O) groups is 2. The van der Waals surface area contributed by atoms with Gasteiger partial charge in [-0.15, -0.1) is 0 Å². The Morgan fingerprint density at radius 2 is 0.906 bits per heavy atom. The zero-order valence-corrected chi connectivity index (χ0v) is 35.0. The van der Waals surface area contributed by atoms with E-state index in [1.807, 2.05) is 6.08 Å².